The van der Waals surface area contributed by atoms with Gasteiger partial charge in [0.2, 0.25) is 0 Å². The van der Waals surface area contributed by atoms with Crippen LogP contribution in [0.15, 0.2) is 42.7 Å². The molecule has 3 aromatic rings. The molecule has 6 heteroatoms. The monoisotopic (exact) mass is 318 g/mol. The Labute approximate surface area is 129 Å². The molecule has 2 heterocycles. The Bertz CT molecular complexity index is 943. The number of fused-ring (bicyclic) bond motifs is 1. The molecule has 0 aliphatic carbocycles. The molecule has 0 bridgehead atoms. The normalized spacial score (nSPS) is 11.3. The van der Waals surface area contributed by atoms with Crippen LogP contribution in [0.3, 0.4) is 0 Å². The lowest BCUT2D eigenvalue weighted by Gasteiger charge is -2.00. The van der Waals surface area contributed by atoms with Gasteiger partial charge in [0.05, 0.1) is 16.8 Å². The molecule has 0 N–H and O–H groups in total. The van der Waals surface area contributed by atoms with Gasteiger partial charge in [0.25, 0.3) is 0 Å². The molecule has 0 fully saturated rings. The predicted octanol–water partition coefficient (Wildman–Crippen LogP) is 4.20. The summed E-state index contributed by atoms with van der Waals surface area (Å²) in [5.74, 6) is 5.01. The van der Waals surface area contributed by atoms with Crippen LogP contribution >= 0.6 is 0 Å². The molecule has 0 spiro atoms. The predicted molar refractivity (Wildman–Crippen MR) is 77.3 cm³/mol. The van der Waals surface area contributed by atoms with Crippen LogP contribution in [0.25, 0.3) is 5.52 Å². The van der Waals surface area contributed by atoms with Crippen LogP contribution in [0.5, 0.6) is 0 Å². The summed E-state index contributed by atoms with van der Waals surface area (Å²) < 4.78 is 53.0. The fourth-order valence-corrected chi connectivity index (χ4v) is 2.18. The topological polar surface area (TPSA) is 17.3 Å². The minimum Gasteiger partial charge on any atom is -0.319 e. The van der Waals surface area contributed by atoms with E-state index in [0.717, 1.165) is 12.3 Å². The van der Waals surface area contributed by atoms with E-state index in [1.807, 2.05) is 0 Å². The molecule has 23 heavy (non-hydrogen) atoms. The molecular formula is C17H10F4N2. The van der Waals surface area contributed by atoms with Crippen LogP contribution in [-0.2, 0) is 6.18 Å². The summed E-state index contributed by atoms with van der Waals surface area (Å²) in [5.41, 5.74) is 0.662. The first-order valence-corrected chi connectivity index (χ1v) is 6.67. The highest BCUT2D eigenvalue weighted by Gasteiger charge is 2.32. The van der Waals surface area contributed by atoms with E-state index in [9.17, 15) is 17.6 Å². The smallest absolute Gasteiger partial charge is 0.319 e. The molecule has 0 atom stereocenters. The van der Waals surface area contributed by atoms with Gasteiger partial charge in [-0.3, -0.25) is 0 Å². The molecule has 0 saturated heterocycles. The average molecular weight is 318 g/mol. The van der Waals surface area contributed by atoms with Crippen molar-refractivity contribution in [3.63, 3.8) is 0 Å². The highest BCUT2D eigenvalue weighted by molar-refractivity contribution is 5.62. The van der Waals surface area contributed by atoms with Gasteiger partial charge in [-0.2, -0.15) is 13.2 Å². The van der Waals surface area contributed by atoms with Crippen molar-refractivity contribution >= 4 is 5.52 Å². The van der Waals surface area contributed by atoms with Gasteiger partial charge in [0.15, 0.2) is 0 Å². The third-order valence-electron chi connectivity index (χ3n) is 3.18. The van der Waals surface area contributed by atoms with Gasteiger partial charge in [0.1, 0.15) is 11.5 Å². The first-order valence-electron chi connectivity index (χ1n) is 6.67. The van der Waals surface area contributed by atoms with Gasteiger partial charge in [0, 0.05) is 18.0 Å². The third kappa shape index (κ3) is 3.19. The quantitative estimate of drug-likeness (QED) is 0.448. The lowest BCUT2D eigenvalue weighted by Crippen LogP contribution is -2.02. The number of benzene rings is 1. The van der Waals surface area contributed by atoms with Crippen LogP contribution in [-0.4, -0.2) is 9.38 Å². The number of rotatable bonds is 0. The fraction of sp³-hybridized carbons (Fsp3) is 0.118. The van der Waals surface area contributed by atoms with Crippen LogP contribution in [0, 0.1) is 24.6 Å². The van der Waals surface area contributed by atoms with Gasteiger partial charge in [-0.15, -0.1) is 0 Å². The van der Waals surface area contributed by atoms with Gasteiger partial charge in [-0.05, 0) is 37.1 Å². The van der Waals surface area contributed by atoms with Crippen molar-refractivity contribution in [2.45, 2.75) is 13.1 Å². The molecule has 0 aliphatic heterocycles. The Balaban J connectivity index is 2.12. The Morgan fingerprint density at radius 1 is 1.09 bits per heavy atom. The summed E-state index contributed by atoms with van der Waals surface area (Å²) in [6, 6.07) is 6.66. The maximum atomic E-state index is 13.1. The Morgan fingerprint density at radius 3 is 2.57 bits per heavy atom. The standard InChI is InChI=1S/C17H10F4N2/c1-11-9-23-10-13(17(19,20)21)8-16(23)15(22-11)6-5-12-3-2-4-14(18)7-12/h2-4,7-10H,1H3. The van der Waals surface area contributed by atoms with Crippen molar-refractivity contribution in [2.24, 2.45) is 0 Å². The van der Waals surface area contributed by atoms with Crippen LogP contribution < -0.4 is 0 Å². The van der Waals surface area contributed by atoms with Gasteiger partial charge in [-0.1, -0.05) is 12.0 Å². The second-order valence-electron chi connectivity index (χ2n) is 5.01. The van der Waals surface area contributed by atoms with Crippen molar-refractivity contribution in [3.8, 4) is 11.8 Å². The van der Waals surface area contributed by atoms with Gasteiger partial charge < -0.3 is 4.40 Å². The number of nitrogens with zero attached hydrogens (tertiary/aromatic N) is 2. The lowest BCUT2D eigenvalue weighted by atomic mass is 10.2. The van der Waals surface area contributed by atoms with Crippen LogP contribution in [0.2, 0.25) is 0 Å². The average Bonchev–Trinajstić information content (AvgIpc) is 2.88. The van der Waals surface area contributed by atoms with E-state index in [1.54, 1.807) is 13.0 Å². The summed E-state index contributed by atoms with van der Waals surface area (Å²) in [5, 5.41) is 0. The minimum absolute atomic E-state index is 0.213. The van der Waals surface area contributed by atoms with E-state index >= 15 is 0 Å². The van der Waals surface area contributed by atoms with Crippen molar-refractivity contribution in [3.05, 3.63) is 71.1 Å². The molecule has 0 aliphatic rings. The SMILES string of the molecule is Cc1cn2cc(C(F)(F)F)cc2c(C#Cc2cccc(F)c2)n1. The van der Waals surface area contributed by atoms with E-state index in [2.05, 4.69) is 16.8 Å². The van der Waals surface area contributed by atoms with E-state index in [-0.39, 0.29) is 11.2 Å². The van der Waals surface area contributed by atoms with Crippen LogP contribution in [0.4, 0.5) is 17.6 Å². The molecule has 0 radical (unpaired) electrons. The fourth-order valence-electron chi connectivity index (χ4n) is 2.18. The van der Waals surface area contributed by atoms with Gasteiger partial charge in [-0.25, -0.2) is 9.37 Å². The Morgan fingerprint density at radius 2 is 1.87 bits per heavy atom. The molecule has 0 unspecified atom stereocenters. The second kappa shape index (κ2) is 5.43. The summed E-state index contributed by atoms with van der Waals surface area (Å²) in [6.45, 7) is 1.67. The molecule has 2 aromatic heterocycles. The maximum Gasteiger partial charge on any atom is 0.417 e. The molecule has 3 rings (SSSR count). The minimum atomic E-state index is -4.44. The summed E-state index contributed by atoms with van der Waals surface area (Å²) in [7, 11) is 0. The first kappa shape index (κ1) is 15.1. The summed E-state index contributed by atoms with van der Waals surface area (Å²) in [6.07, 6.45) is -1.94. The number of alkyl halides is 3. The zero-order valence-electron chi connectivity index (χ0n) is 11.9. The Kier molecular flexibility index (Phi) is 3.57. The highest BCUT2D eigenvalue weighted by Crippen LogP contribution is 2.31. The number of hydrogen-bond acceptors (Lipinski definition) is 1. The molecular weight excluding hydrogens is 308 g/mol. The van der Waals surface area contributed by atoms with E-state index in [0.29, 0.717) is 11.3 Å². The molecule has 116 valence electrons. The van der Waals surface area contributed by atoms with E-state index in [1.165, 1.54) is 28.8 Å². The molecule has 2 nitrogen and oxygen atoms in total. The van der Waals surface area contributed by atoms with Crippen LogP contribution in [0.1, 0.15) is 22.5 Å². The van der Waals surface area contributed by atoms with Crippen molar-refractivity contribution in [1.29, 1.82) is 0 Å². The lowest BCUT2D eigenvalue weighted by molar-refractivity contribution is -0.137. The van der Waals surface area contributed by atoms with E-state index in [4.69, 9.17) is 0 Å². The molecule has 0 saturated carbocycles. The second-order valence-corrected chi connectivity index (χ2v) is 5.01. The molecule has 0 amide bonds. The van der Waals surface area contributed by atoms with Crippen molar-refractivity contribution in [1.82, 2.24) is 9.38 Å². The Hall–Kier alpha value is -2.81. The van der Waals surface area contributed by atoms with E-state index < -0.39 is 17.6 Å². The number of hydrogen-bond donors (Lipinski definition) is 0. The number of halogens is 4. The summed E-state index contributed by atoms with van der Waals surface area (Å²) in [4.78, 5) is 4.18. The summed E-state index contributed by atoms with van der Waals surface area (Å²) >= 11 is 0. The highest BCUT2D eigenvalue weighted by atomic mass is 19.4. The first-order chi connectivity index (χ1) is 10.8. The third-order valence-corrected chi connectivity index (χ3v) is 3.18. The zero-order valence-corrected chi connectivity index (χ0v) is 11.9. The van der Waals surface area contributed by atoms with Gasteiger partial charge >= 0.3 is 6.18 Å². The molecule has 1 aromatic carbocycles. The maximum absolute atomic E-state index is 13.1. The zero-order chi connectivity index (χ0) is 16.6. The van der Waals surface area contributed by atoms with Crippen molar-refractivity contribution in [2.75, 3.05) is 0 Å². The largest absolute Gasteiger partial charge is 0.417 e. The van der Waals surface area contributed by atoms with Crippen molar-refractivity contribution < 1.29 is 17.6 Å². The number of aryl methyl sites for hydroxylation is 1. The number of aromatic nitrogens is 2.